The summed E-state index contributed by atoms with van der Waals surface area (Å²) >= 11 is 1.44. The highest BCUT2D eigenvalue weighted by molar-refractivity contribution is 7.98. The number of hydrogen-bond donors (Lipinski definition) is 1. The van der Waals surface area contributed by atoms with Gasteiger partial charge >= 0.3 is 0 Å². The Balaban J connectivity index is 1.80. The molecular weight excluding hydrogens is 350 g/mol. The van der Waals surface area contributed by atoms with E-state index in [0.717, 1.165) is 35.6 Å². The minimum Gasteiger partial charge on any atom is -0.496 e. The van der Waals surface area contributed by atoms with Gasteiger partial charge in [0.15, 0.2) is 5.16 Å². The predicted molar refractivity (Wildman–Crippen MR) is 102 cm³/mol. The van der Waals surface area contributed by atoms with Gasteiger partial charge in [-0.05, 0) is 25.5 Å². The first kappa shape index (κ1) is 18.3. The summed E-state index contributed by atoms with van der Waals surface area (Å²) in [6, 6.07) is 9.15. The summed E-state index contributed by atoms with van der Waals surface area (Å²) in [5.41, 5.74) is 2.31. The number of para-hydroxylation sites is 1. The standard InChI is InChI=1S/C19H21N3O3S/c1-4-7-13-10-17(23)22-19(20-13)26-11-15-12(2)25-18(21-15)14-8-5-6-9-16(14)24-3/h5-6,8-10H,4,7,11H2,1-3H3,(H,20,22,23). The van der Waals surface area contributed by atoms with Crippen molar-refractivity contribution in [2.24, 2.45) is 0 Å². The first-order valence-electron chi connectivity index (χ1n) is 8.43. The molecule has 3 aromatic rings. The molecule has 0 aliphatic carbocycles. The largest absolute Gasteiger partial charge is 0.496 e. The fourth-order valence-corrected chi connectivity index (χ4v) is 3.47. The molecule has 0 fully saturated rings. The second-order valence-corrected chi connectivity index (χ2v) is 6.77. The summed E-state index contributed by atoms with van der Waals surface area (Å²) in [4.78, 5) is 23.6. The number of hydrogen-bond acceptors (Lipinski definition) is 6. The Morgan fingerprint density at radius 2 is 2.08 bits per heavy atom. The van der Waals surface area contributed by atoms with E-state index in [1.807, 2.05) is 31.2 Å². The van der Waals surface area contributed by atoms with Gasteiger partial charge in [0.1, 0.15) is 11.5 Å². The maximum Gasteiger partial charge on any atom is 0.251 e. The number of rotatable bonds is 7. The lowest BCUT2D eigenvalue weighted by molar-refractivity contribution is 0.414. The van der Waals surface area contributed by atoms with Crippen LogP contribution < -0.4 is 10.3 Å². The number of aromatic nitrogens is 3. The van der Waals surface area contributed by atoms with E-state index in [9.17, 15) is 4.79 Å². The van der Waals surface area contributed by atoms with E-state index in [2.05, 4.69) is 21.9 Å². The molecule has 0 bridgehead atoms. The van der Waals surface area contributed by atoms with Crippen molar-refractivity contribution < 1.29 is 9.15 Å². The first-order valence-corrected chi connectivity index (χ1v) is 9.42. The summed E-state index contributed by atoms with van der Waals surface area (Å²) in [6.07, 6.45) is 1.74. The molecule has 0 aliphatic heterocycles. The average molecular weight is 371 g/mol. The zero-order valence-corrected chi connectivity index (χ0v) is 15.9. The minimum atomic E-state index is -0.127. The summed E-state index contributed by atoms with van der Waals surface area (Å²) in [5, 5.41) is 0.599. The molecular formula is C19H21N3O3S. The number of oxazole rings is 1. The molecule has 26 heavy (non-hydrogen) atoms. The molecule has 0 amide bonds. The molecule has 6 nitrogen and oxygen atoms in total. The molecule has 0 spiro atoms. The van der Waals surface area contributed by atoms with Crippen LogP contribution in [0.2, 0.25) is 0 Å². The van der Waals surface area contributed by atoms with Crippen molar-refractivity contribution in [3.05, 3.63) is 57.8 Å². The average Bonchev–Trinajstić information content (AvgIpc) is 3.00. The van der Waals surface area contributed by atoms with Crippen molar-refractivity contribution in [3.63, 3.8) is 0 Å². The van der Waals surface area contributed by atoms with Gasteiger partial charge in [0, 0.05) is 17.5 Å². The van der Waals surface area contributed by atoms with Gasteiger partial charge in [-0.2, -0.15) is 0 Å². The van der Waals surface area contributed by atoms with Crippen molar-refractivity contribution >= 4 is 11.8 Å². The molecule has 1 N–H and O–H groups in total. The van der Waals surface area contributed by atoms with Gasteiger partial charge in [-0.3, -0.25) is 4.79 Å². The molecule has 2 heterocycles. The van der Waals surface area contributed by atoms with Crippen LogP contribution in [-0.4, -0.2) is 22.1 Å². The Bertz CT molecular complexity index is 949. The second-order valence-electron chi connectivity index (χ2n) is 5.80. The van der Waals surface area contributed by atoms with Crippen LogP contribution in [-0.2, 0) is 12.2 Å². The maximum atomic E-state index is 11.8. The SMILES string of the molecule is CCCc1cc(=O)[nH]c(SCc2nc(-c3ccccc3OC)oc2C)n1. The van der Waals surface area contributed by atoms with Crippen LogP contribution in [0.4, 0.5) is 0 Å². The Hall–Kier alpha value is -2.54. The highest BCUT2D eigenvalue weighted by Crippen LogP contribution is 2.31. The van der Waals surface area contributed by atoms with Crippen molar-refractivity contribution in [1.29, 1.82) is 0 Å². The molecule has 1 aromatic carbocycles. The van der Waals surface area contributed by atoms with Gasteiger partial charge in [-0.15, -0.1) is 0 Å². The van der Waals surface area contributed by atoms with Gasteiger partial charge in [0.2, 0.25) is 5.89 Å². The highest BCUT2D eigenvalue weighted by atomic mass is 32.2. The van der Waals surface area contributed by atoms with Gasteiger partial charge in [-0.1, -0.05) is 37.2 Å². The van der Waals surface area contributed by atoms with Crippen LogP contribution in [0.3, 0.4) is 0 Å². The molecule has 0 saturated carbocycles. The van der Waals surface area contributed by atoms with Crippen LogP contribution in [0.15, 0.2) is 44.7 Å². The van der Waals surface area contributed by atoms with Crippen molar-refractivity contribution in [3.8, 4) is 17.2 Å². The third kappa shape index (κ3) is 4.16. The van der Waals surface area contributed by atoms with Crippen LogP contribution in [0, 0.1) is 6.92 Å². The summed E-state index contributed by atoms with van der Waals surface area (Å²) in [6.45, 7) is 3.94. The van der Waals surface area contributed by atoms with Gasteiger partial charge in [0.25, 0.3) is 5.56 Å². The zero-order chi connectivity index (χ0) is 18.5. The third-order valence-corrected chi connectivity index (χ3v) is 4.74. The van der Waals surface area contributed by atoms with Crippen LogP contribution >= 0.6 is 11.8 Å². The fraction of sp³-hybridized carbons (Fsp3) is 0.316. The Morgan fingerprint density at radius 3 is 2.85 bits per heavy atom. The lowest BCUT2D eigenvalue weighted by atomic mass is 10.2. The van der Waals surface area contributed by atoms with Gasteiger partial charge in [-0.25, -0.2) is 9.97 Å². The van der Waals surface area contributed by atoms with Gasteiger partial charge < -0.3 is 14.1 Å². The number of aryl methyl sites for hydroxylation is 2. The highest BCUT2D eigenvalue weighted by Gasteiger charge is 2.15. The molecule has 0 aliphatic rings. The molecule has 0 unspecified atom stereocenters. The monoisotopic (exact) mass is 371 g/mol. The van der Waals surface area contributed by atoms with E-state index in [0.29, 0.717) is 22.5 Å². The number of H-pyrrole nitrogens is 1. The van der Waals surface area contributed by atoms with E-state index in [1.165, 1.54) is 11.8 Å². The van der Waals surface area contributed by atoms with E-state index in [-0.39, 0.29) is 5.56 Å². The Morgan fingerprint density at radius 1 is 1.27 bits per heavy atom. The predicted octanol–water partition coefficient (Wildman–Crippen LogP) is 3.99. The molecule has 0 atom stereocenters. The quantitative estimate of drug-likeness (QED) is 0.500. The van der Waals surface area contributed by atoms with E-state index >= 15 is 0 Å². The van der Waals surface area contributed by atoms with E-state index in [1.54, 1.807) is 13.2 Å². The molecule has 7 heteroatoms. The van der Waals surface area contributed by atoms with E-state index < -0.39 is 0 Å². The minimum absolute atomic E-state index is 0.127. The zero-order valence-electron chi connectivity index (χ0n) is 15.0. The molecule has 2 aromatic heterocycles. The first-order chi connectivity index (χ1) is 12.6. The molecule has 0 radical (unpaired) electrons. The maximum absolute atomic E-state index is 11.8. The number of benzene rings is 1. The summed E-state index contributed by atoms with van der Waals surface area (Å²) in [7, 11) is 1.62. The molecule has 136 valence electrons. The van der Waals surface area contributed by atoms with E-state index in [4.69, 9.17) is 9.15 Å². The van der Waals surface area contributed by atoms with Crippen molar-refractivity contribution in [1.82, 2.24) is 15.0 Å². The van der Waals surface area contributed by atoms with Gasteiger partial charge in [0.05, 0.1) is 18.4 Å². The molecule has 0 saturated heterocycles. The van der Waals surface area contributed by atoms with Crippen molar-refractivity contribution in [2.75, 3.05) is 7.11 Å². The Labute approximate surface area is 156 Å². The third-order valence-electron chi connectivity index (χ3n) is 3.85. The number of nitrogens with one attached hydrogen (secondary N) is 1. The number of methoxy groups -OCH3 is 1. The Kier molecular flexibility index (Phi) is 5.78. The van der Waals surface area contributed by atoms with Crippen molar-refractivity contribution in [2.45, 2.75) is 37.6 Å². The topological polar surface area (TPSA) is 81.0 Å². The lowest BCUT2D eigenvalue weighted by Gasteiger charge is -2.03. The normalized spacial score (nSPS) is 10.9. The number of nitrogens with zero attached hydrogens (tertiary/aromatic N) is 2. The second kappa shape index (κ2) is 8.23. The number of aromatic amines is 1. The lowest BCUT2D eigenvalue weighted by Crippen LogP contribution is -2.10. The fourth-order valence-electron chi connectivity index (χ4n) is 2.57. The summed E-state index contributed by atoms with van der Waals surface area (Å²) in [5.74, 6) is 2.54. The van der Waals surface area contributed by atoms with Crippen LogP contribution in [0.5, 0.6) is 5.75 Å². The smallest absolute Gasteiger partial charge is 0.251 e. The molecule has 3 rings (SSSR count). The van der Waals surface area contributed by atoms with Crippen LogP contribution in [0.1, 0.15) is 30.5 Å². The summed E-state index contributed by atoms with van der Waals surface area (Å²) < 4.78 is 11.2. The van der Waals surface area contributed by atoms with Crippen LogP contribution in [0.25, 0.3) is 11.5 Å². The number of thioether (sulfide) groups is 1. The number of ether oxygens (including phenoxy) is 1.